The molecule has 0 radical (unpaired) electrons. The van der Waals surface area contributed by atoms with E-state index in [0.717, 1.165) is 29.8 Å². The summed E-state index contributed by atoms with van der Waals surface area (Å²) in [5.41, 5.74) is 1.47. The average Bonchev–Trinajstić information content (AvgIpc) is 2.88. The summed E-state index contributed by atoms with van der Waals surface area (Å²) in [7, 11) is 0. The molecule has 3 aromatic rings. The van der Waals surface area contributed by atoms with Gasteiger partial charge in [-0.15, -0.1) is 5.10 Å². The van der Waals surface area contributed by atoms with Gasteiger partial charge < -0.3 is 0 Å². The minimum atomic E-state index is -0.724. The molecule has 6 heteroatoms. The Kier molecular flexibility index (Phi) is 3.90. The van der Waals surface area contributed by atoms with Crippen molar-refractivity contribution in [1.82, 2.24) is 14.8 Å². The second kappa shape index (κ2) is 5.85. The number of benzene rings is 2. The predicted octanol–water partition coefficient (Wildman–Crippen LogP) is 4.43. The third-order valence-corrected chi connectivity index (χ3v) is 3.60. The van der Waals surface area contributed by atoms with Gasteiger partial charge >= 0.3 is 0 Å². The molecular weight excluding hydrogens is 308 g/mol. The fraction of sp³-hybridized carbons (Fsp3) is 0.125. The summed E-state index contributed by atoms with van der Waals surface area (Å²) in [6.45, 7) is 2.00. The van der Waals surface area contributed by atoms with E-state index in [4.69, 9.17) is 11.6 Å². The van der Waals surface area contributed by atoms with E-state index in [1.165, 1.54) is 10.7 Å². The number of nitrogens with zero attached hydrogens (tertiary/aromatic N) is 3. The highest BCUT2D eigenvalue weighted by Crippen LogP contribution is 2.26. The monoisotopic (exact) mass is 319 g/mol. The number of rotatable bonds is 3. The summed E-state index contributed by atoms with van der Waals surface area (Å²) in [6, 6.07) is 11.1. The van der Waals surface area contributed by atoms with Gasteiger partial charge in [-0.1, -0.05) is 31.2 Å². The van der Waals surface area contributed by atoms with Crippen LogP contribution < -0.4 is 0 Å². The standard InChI is InChI=1S/C16H12ClF2N3/c1-2-10-6-3-4-9-13(10)22-16(17)20-15(21-22)14-11(18)7-5-8-12(14)19/h3-9H,2H2,1H3. The second-order valence-corrected chi connectivity index (χ2v) is 5.03. The van der Waals surface area contributed by atoms with Crippen molar-refractivity contribution in [2.24, 2.45) is 0 Å². The van der Waals surface area contributed by atoms with Crippen LogP contribution in [0.5, 0.6) is 0 Å². The number of halogens is 3. The molecule has 1 aromatic heterocycles. The summed E-state index contributed by atoms with van der Waals surface area (Å²) in [5, 5.41) is 4.23. The Morgan fingerprint density at radius 2 is 1.73 bits per heavy atom. The normalized spacial score (nSPS) is 10.9. The highest BCUT2D eigenvalue weighted by atomic mass is 35.5. The molecule has 3 rings (SSSR count). The van der Waals surface area contributed by atoms with Crippen molar-refractivity contribution >= 4 is 11.6 Å². The van der Waals surface area contributed by atoms with Crippen LogP contribution in [0.4, 0.5) is 8.78 Å². The van der Waals surface area contributed by atoms with E-state index in [0.29, 0.717) is 0 Å². The minimum Gasteiger partial charge on any atom is -0.206 e. The molecule has 112 valence electrons. The number of aromatic nitrogens is 3. The number of hydrogen-bond acceptors (Lipinski definition) is 2. The van der Waals surface area contributed by atoms with E-state index in [-0.39, 0.29) is 16.7 Å². The highest BCUT2D eigenvalue weighted by molar-refractivity contribution is 6.28. The summed E-state index contributed by atoms with van der Waals surface area (Å²) in [4.78, 5) is 3.99. The minimum absolute atomic E-state index is 0.0542. The molecule has 0 saturated carbocycles. The molecule has 22 heavy (non-hydrogen) atoms. The summed E-state index contributed by atoms with van der Waals surface area (Å²) in [6.07, 6.45) is 0.774. The lowest BCUT2D eigenvalue weighted by Crippen LogP contribution is -2.01. The van der Waals surface area contributed by atoms with Crippen molar-refractivity contribution in [3.05, 3.63) is 64.9 Å². The molecule has 0 saturated heterocycles. The molecule has 0 fully saturated rings. The van der Waals surface area contributed by atoms with Crippen molar-refractivity contribution in [2.75, 3.05) is 0 Å². The van der Waals surface area contributed by atoms with Gasteiger partial charge in [-0.25, -0.2) is 13.5 Å². The molecule has 0 spiro atoms. The van der Waals surface area contributed by atoms with Crippen LogP contribution in [0.2, 0.25) is 5.28 Å². The van der Waals surface area contributed by atoms with Gasteiger partial charge in [0.1, 0.15) is 11.6 Å². The maximum absolute atomic E-state index is 13.9. The summed E-state index contributed by atoms with van der Waals surface area (Å²) >= 11 is 6.11. The lowest BCUT2D eigenvalue weighted by Gasteiger charge is -2.07. The zero-order chi connectivity index (χ0) is 15.7. The number of hydrogen-bond donors (Lipinski definition) is 0. The maximum atomic E-state index is 13.9. The molecular formula is C16H12ClF2N3. The van der Waals surface area contributed by atoms with Crippen molar-refractivity contribution in [3.8, 4) is 17.1 Å². The molecule has 1 heterocycles. The molecule has 2 aromatic carbocycles. The second-order valence-electron chi connectivity index (χ2n) is 4.70. The Labute approximate surface area is 131 Å². The maximum Gasteiger partial charge on any atom is 0.226 e. The summed E-state index contributed by atoms with van der Waals surface area (Å²) < 4.78 is 29.1. The molecule has 0 aliphatic carbocycles. The van der Waals surface area contributed by atoms with Crippen LogP contribution in [-0.4, -0.2) is 14.8 Å². The quantitative estimate of drug-likeness (QED) is 0.715. The van der Waals surface area contributed by atoms with E-state index < -0.39 is 11.6 Å². The first kappa shape index (κ1) is 14.7. The van der Waals surface area contributed by atoms with E-state index in [9.17, 15) is 8.78 Å². The van der Waals surface area contributed by atoms with Crippen LogP contribution in [0.1, 0.15) is 12.5 Å². The number of aryl methyl sites for hydroxylation is 1. The zero-order valence-corrected chi connectivity index (χ0v) is 12.5. The van der Waals surface area contributed by atoms with Crippen LogP contribution in [0, 0.1) is 11.6 Å². The predicted molar refractivity (Wildman–Crippen MR) is 81.1 cm³/mol. The lowest BCUT2D eigenvalue weighted by atomic mass is 10.1. The van der Waals surface area contributed by atoms with Gasteiger partial charge in [0.25, 0.3) is 0 Å². The van der Waals surface area contributed by atoms with E-state index in [1.54, 1.807) is 0 Å². The first-order chi connectivity index (χ1) is 10.6. The van der Waals surface area contributed by atoms with Crippen LogP contribution in [0.3, 0.4) is 0 Å². The van der Waals surface area contributed by atoms with Gasteiger partial charge in [-0.05, 0) is 41.8 Å². The van der Waals surface area contributed by atoms with Gasteiger partial charge in [-0.2, -0.15) is 4.98 Å². The molecule has 0 atom stereocenters. The SMILES string of the molecule is CCc1ccccc1-n1nc(-c2c(F)cccc2F)nc1Cl. The topological polar surface area (TPSA) is 30.7 Å². The Bertz CT molecular complexity index is 810. The van der Waals surface area contributed by atoms with Crippen molar-refractivity contribution in [3.63, 3.8) is 0 Å². The van der Waals surface area contributed by atoms with E-state index in [2.05, 4.69) is 10.1 Å². The fourth-order valence-electron chi connectivity index (χ4n) is 2.28. The van der Waals surface area contributed by atoms with Crippen LogP contribution in [-0.2, 0) is 6.42 Å². The van der Waals surface area contributed by atoms with Gasteiger partial charge in [0.2, 0.25) is 5.28 Å². The fourth-order valence-corrected chi connectivity index (χ4v) is 2.49. The van der Waals surface area contributed by atoms with Gasteiger partial charge in [0.05, 0.1) is 11.3 Å². The molecule has 0 aliphatic heterocycles. The third-order valence-electron chi connectivity index (χ3n) is 3.35. The molecule has 0 aliphatic rings. The third kappa shape index (κ3) is 2.48. The average molecular weight is 320 g/mol. The first-order valence-corrected chi connectivity index (χ1v) is 7.14. The Morgan fingerprint density at radius 3 is 2.41 bits per heavy atom. The molecule has 0 bridgehead atoms. The van der Waals surface area contributed by atoms with Crippen molar-refractivity contribution < 1.29 is 8.78 Å². The first-order valence-electron chi connectivity index (χ1n) is 6.77. The van der Waals surface area contributed by atoms with Crippen LogP contribution in [0.15, 0.2) is 42.5 Å². The van der Waals surface area contributed by atoms with E-state index in [1.807, 2.05) is 31.2 Å². The van der Waals surface area contributed by atoms with Crippen molar-refractivity contribution in [2.45, 2.75) is 13.3 Å². The van der Waals surface area contributed by atoms with Gasteiger partial charge in [-0.3, -0.25) is 0 Å². The van der Waals surface area contributed by atoms with Crippen LogP contribution in [0.25, 0.3) is 17.1 Å². The largest absolute Gasteiger partial charge is 0.226 e. The Morgan fingerprint density at radius 1 is 1.05 bits per heavy atom. The van der Waals surface area contributed by atoms with Gasteiger partial charge in [0.15, 0.2) is 5.82 Å². The number of para-hydroxylation sites is 1. The summed E-state index contributed by atoms with van der Waals surface area (Å²) in [5.74, 6) is -1.53. The molecule has 0 amide bonds. The molecule has 3 nitrogen and oxygen atoms in total. The van der Waals surface area contributed by atoms with Gasteiger partial charge in [0, 0.05) is 0 Å². The Balaban J connectivity index is 2.16. The zero-order valence-electron chi connectivity index (χ0n) is 11.7. The van der Waals surface area contributed by atoms with E-state index >= 15 is 0 Å². The molecule has 0 N–H and O–H groups in total. The Hall–Kier alpha value is -2.27. The smallest absolute Gasteiger partial charge is 0.206 e. The molecule has 0 unspecified atom stereocenters. The highest BCUT2D eigenvalue weighted by Gasteiger charge is 2.19. The van der Waals surface area contributed by atoms with Crippen molar-refractivity contribution in [1.29, 1.82) is 0 Å². The van der Waals surface area contributed by atoms with Crippen LogP contribution >= 0.6 is 11.6 Å². The lowest BCUT2D eigenvalue weighted by molar-refractivity contribution is 0.587.